The first-order valence-corrected chi connectivity index (χ1v) is 9.33. The third kappa shape index (κ3) is 3.65. The molecule has 138 valence electrons. The molecule has 0 aliphatic heterocycles. The number of fused-ring (bicyclic) bond motifs is 1. The minimum absolute atomic E-state index is 0.351. The van der Waals surface area contributed by atoms with Crippen LogP contribution < -0.4 is 5.43 Å². The van der Waals surface area contributed by atoms with Gasteiger partial charge in [0.25, 0.3) is 5.91 Å². The van der Waals surface area contributed by atoms with Crippen LogP contribution in [0.2, 0.25) is 10.0 Å². The number of hydrogen-bond donors (Lipinski definition) is 2. The van der Waals surface area contributed by atoms with Gasteiger partial charge in [0.05, 0.1) is 6.21 Å². The van der Waals surface area contributed by atoms with Crippen LogP contribution in [0.5, 0.6) is 0 Å². The van der Waals surface area contributed by atoms with Crippen LogP contribution in [0.15, 0.2) is 77.9 Å². The van der Waals surface area contributed by atoms with E-state index in [1.165, 1.54) is 0 Å². The van der Waals surface area contributed by atoms with Crippen LogP contribution in [0.1, 0.15) is 16.1 Å². The van der Waals surface area contributed by atoms with Gasteiger partial charge in [-0.15, -0.1) is 0 Å². The fourth-order valence-electron chi connectivity index (χ4n) is 3.03. The Balaban J connectivity index is 1.70. The Morgan fingerprint density at radius 1 is 0.929 bits per heavy atom. The molecule has 3 aromatic carbocycles. The van der Waals surface area contributed by atoms with Crippen molar-refractivity contribution in [2.24, 2.45) is 5.10 Å². The predicted molar refractivity (Wildman–Crippen MR) is 115 cm³/mol. The van der Waals surface area contributed by atoms with E-state index in [0.29, 0.717) is 15.7 Å². The molecule has 1 heterocycles. The molecule has 0 atom stereocenters. The summed E-state index contributed by atoms with van der Waals surface area (Å²) >= 11 is 12.3. The van der Waals surface area contributed by atoms with Crippen LogP contribution in [0.4, 0.5) is 0 Å². The van der Waals surface area contributed by atoms with Gasteiger partial charge in [-0.25, -0.2) is 5.43 Å². The molecule has 4 rings (SSSR count). The second kappa shape index (κ2) is 7.89. The van der Waals surface area contributed by atoms with Crippen LogP contribution in [0.25, 0.3) is 22.0 Å². The number of nitrogens with one attached hydrogen (secondary N) is 2. The zero-order chi connectivity index (χ0) is 19.5. The van der Waals surface area contributed by atoms with E-state index in [9.17, 15) is 4.79 Å². The minimum Gasteiger partial charge on any atom is -0.350 e. The molecule has 0 unspecified atom stereocenters. The van der Waals surface area contributed by atoms with E-state index in [1.54, 1.807) is 24.4 Å². The topological polar surface area (TPSA) is 57.2 Å². The molecule has 6 heteroatoms. The van der Waals surface area contributed by atoms with Crippen LogP contribution >= 0.6 is 23.2 Å². The number of aromatic nitrogens is 1. The number of H-pyrrole nitrogens is 1. The van der Waals surface area contributed by atoms with Gasteiger partial charge in [-0.2, -0.15) is 5.10 Å². The summed E-state index contributed by atoms with van der Waals surface area (Å²) in [4.78, 5) is 16.0. The van der Waals surface area contributed by atoms with E-state index >= 15 is 0 Å². The molecule has 2 N–H and O–H groups in total. The van der Waals surface area contributed by atoms with Gasteiger partial charge < -0.3 is 4.98 Å². The van der Waals surface area contributed by atoms with Crippen molar-refractivity contribution in [3.8, 4) is 11.1 Å². The van der Waals surface area contributed by atoms with Gasteiger partial charge >= 0.3 is 0 Å². The summed E-state index contributed by atoms with van der Waals surface area (Å²) in [5.74, 6) is -0.351. The third-order valence-electron chi connectivity index (χ3n) is 4.33. The lowest BCUT2D eigenvalue weighted by molar-refractivity contribution is 0.0951. The number of aromatic amines is 1. The fraction of sp³-hybridized carbons (Fsp3) is 0. The third-order valence-corrected chi connectivity index (χ3v) is 4.91. The zero-order valence-electron chi connectivity index (χ0n) is 14.6. The van der Waals surface area contributed by atoms with Gasteiger partial charge in [0.1, 0.15) is 5.69 Å². The van der Waals surface area contributed by atoms with Gasteiger partial charge in [0.2, 0.25) is 0 Å². The van der Waals surface area contributed by atoms with Crippen molar-refractivity contribution >= 4 is 46.2 Å². The number of para-hydroxylation sites is 1. The Bertz CT molecular complexity index is 1180. The maximum Gasteiger partial charge on any atom is 0.288 e. The summed E-state index contributed by atoms with van der Waals surface area (Å²) in [6, 6.07) is 22.3. The highest BCUT2D eigenvalue weighted by Gasteiger charge is 2.20. The zero-order valence-corrected chi connectivity index (χ0v) is 16.1. The van der Waals surface area contributed by atoms with Crippen LogP contribution in [0, 0.1) is 0 Å². The SMILES string of the molecule is O=C(N/N=C/c1ccc(Cl)cc1)c1[nH]c2ccccc2c1-c1ccccc1Cl. The summed E-state index contributed by atoms with van der Waals surface area (Å²) in [5.41, 5.74) is 6.19. The minimum atomic E-state index is -0.351. The monoisotopic (exact) mass is 407 g/mol. The van der Waals surface area contributed by atoms with E-state index in [1.807, 2.05) is 54.6 Å². The van der Waals surface area contributed by atoms with Crippen LogP contribution in [0.3, 0.4) is 0 Å². The standard InChI is InChI=1S/C22H15Cl2N3O/c23-15-11-9-14(10-12-15)13-25-27-22(28)21-20(16-5-1-3-7-18(16)24)17-6-2-4-8-19(17)26-21/h1-13,26H,(H,27,28)/b25-13+. The van der Waals surface area contributed by atoms with Crippen molar-refractivity contribution in [2.75, 3.05) is 0 Å². The molecular formula is C22H15Cl2N3O. The van der Waals surface area contributed by atoms with E-state index in [2.05, 4.69) is 15.5 Å². The average Bonchev–Trinajstić information content (AvgIpc) is 3.09. The largest absolute Gasteiger partial charge is 0.350 e. The van der Waals surface area contributed by atoms with Crippen molar-refractivity contribution in [2.45, 2.75) is 0 Å². The smallest absolute Gasteiger partial charge is 0.288 e. The normalized spacial score (nSPS) is 11.2. The average molecular weight is 408 g/mol. The molecule has 28 heavy (non-hydrogen) atoms. The maximum atomic E-state index is 12.8. The molecule has 1 amide bonds. The van der Waals surface area contributed by atoms with E-state index in [4.69, 9.17) is 23.2 Å². The van der Waals surface area contributed by atoms with Crippen LogP contribution in [-0.2, 0) is 0 Å². The Hall–Kier alpha value is -3.08. The lowest BCUT2D eigenvalue weighted by Crippen LogP contribution is -2.18. The molecule has 0 radical (unpaired) electrons. The van der Waals surface area contributed by atoms with Gasteiger partial charge in [-0.3, -0.25) is 4.79 Å². The molecule has 4 aromatic rings. The van der Waals surface area contributed by atoms with Gasteiger partial charge in [-0.05, 0) is 29.8 Å². The molecule has 0 spiro atoms. The number of hydrogen-bond acceptors (Lipinski definition) is 2. The summed E-state index contributed by atoms with van der Waals surface area (Å²) in [6.45, 7) is 0. The van der Waals surface area contributed by atoms with E-state index < -0.39 is 0 Å². The number of halogens is 2. The second-order valence-electron chi connectivity index (χ2n) is 6.15. The fourth-order valence-corrected chi connectivity index (χ4v) is 3.38. The lowest BCUT2D eigenvalue weighted by atomic mass is 10.0. The first-order chi connectivity index (χ1) is 13.6. The number of carbonyl (C=O) groups excluding carboxylic acids is 1. The molecule has 1 aromatic heterocycles. The Kier molecular flexibility index (Phi) is 5.15. The number of hydrazone groups is 1. The summed E-state index contributed by atoms with van der Waals surface area (Å²) in [5, 5.41) is 6.19. The predicted octanol–water partition coefficient (Wildman–Crippen LogP) is 5.91. The van der Waals surface area contributed by atoms with Crippen molar-refractivity contribution in [1.29, 1.82) is 0 Å². The van der Waals surface area contributed by atoms with Crippen LogP contribution in [-0.4, -0.2) is 17.1 Å². The Labute approximate surface area is 171 Å². The Morgan fingerprint density at radius 2 is 1.64 bits per heavy atom. The summed E-state index contributed by atoms with van der Waals surface area (Å²) in [7, 11) is 0. The molecule has 0 bridgehead atoms. The molecule has 0 saturated heterocycles. The maximum absolute atomic E-state index is 12.8. The van der Waals surface area contributed by atoms with Crippen molar-refractivity contribution < 1.29 is 4.79 Å². The van der Waals surface area contributed by atoms with Gasteiger partial charge in [-0.1, -0.05) is 71.7 Å². The molecule has 0 saturated carbocycles. The Morgan fingerprint density at radius 3 is 2.43 bits per heavy atom. The van der Waals surface area contributed by atoms with Crippen molar-refractivity contribution in [3.05, 3.63) is 94.1 Å². The molecular weight excluding hydrogens is 393 g/mol. The van der Waals surface area contributed by atoms with Crippen molar-refractivity contribution in [1.82, 2.24) is 10.4 Å². The molecule has 0 aliphatic rings. The van der Waals surface area contributed by atoms with E-state index in [0.717, 1.165) is 27.6 Å². The number of amides is 1. The van der Waals surface area contributed by atoms with Crippen molar-refractivity contribution in [3.63, 3.8) is 0 Å². The van der Waals surface area contributed by atoms with Gasteiger partial charge in [0.15, 0.2) is 0 Å². The lowest BCUT2D eigenvalue weighted by Gasteiger charge is -2.06. The summed E-state index contributed by atoms with van der Waals surface area (Å²) in [6.07, 6.45) is 1.56. The molecule has 4 nitrogen and oxygen atoms in total. The first kappa shape index (κ1) is 18.3. The second-order valence-corrected chi connectivity index (χ2v) is 6.99. The number of carbonyl (C=O) groups is 1. The highest BCUT2D eigenvalue weighted by atomic mass is 35.5. The molecule has 0 aliphatic carbocycles. The first-order valence-electron chi connectivity index (χ1n) is 8.58. The number of nitrogens with zero attached hydrogens (tertiary/aromatic N) is 1. The molecule has 0 fully saturated rings. The highest BCUT2D eigenvalue weighted by molar-refractivity contribution is 6.34. The highest BCUT2D eigenvalue weighted by Crippen LogP contribution is 2.36. The van der Waals surface area contributed by atoms with E-state index in [-0.39, 0.29) is 5.91 Å². The quantitative estimate of drug-likeness (QED) is 0.320. The number of benzene rings is 3. The summed E-state index contributed by atoms with van der Waals surface area (Å²) < 4.78 is 0. The van der Waals surface area contributed by atoms with Gasteiger partial charge in [0, 0.05) is 32.1 Å². The number of rotatable bonds is 4.